The minimum absolute atomic E-state index is 0.0745. The lowest BCUT2D eigenvalue weighted by molar-refractivity contribution is -0.114. The van der Waals surface area contributed by atoms with Crippen molar-refractivity contribution in [2.75, 3.05) is 23.3 Å². The van der Waals surface area contributed by atoms with Crippen LogP contribution in [-0.2, 0) is 4.79 Å². The van der Waals surface area contributed by atoms with Gasteiger partial charge in [-0.15, -0.1) is 21.6 Å². The van der Waals surface area contributed by atoms with E-state index >= 15 is 0 Å². The number of aldehydes is 1. The summed E-state index contributed by atoms with van der Waals surface area (Å²) in [6, 6.07) is 7.38. The van der Waals surface area contributed by atoms with Crippen molar-refractivity contribution in [1.29, 1.82) is 5.26 Å². The lowest BCUT2D eigenvalue weighted by Crippen LogP contribution is -2.21. The molecule has 0 saturated carbocycles. The highest BCUT2D eigenvalue weighted by atomic mass is 35.5. The van der Waals surface area contributed by atoms with Gasteiger partial charge in [-0.2, -0.15) is 5.26 Å². The van der Waals surface area contributed by atoms with Crippen molar-refractivity contribution >= 4 is 57.2 Å². The quantitative estimate of drug-likeness (QED) is 0.500. The van der Waals surface area contributed by atoms with Gasteiger partial charge >= 0.3 is 0 Å². The Bertz CT molecular complexity index is 929. The van der Waals surface area contributed by atoms with Crippen LogP contribution in [0.2, 0.25) is 5.02 Å². The van der Waals surface area contributed by atoms with Crippen molar-refractivity contribution < 1.29 is 9.59 Å². The molecule has 1 N–H and O–H groups in total. The summed E-state index contributed by atoms with van der Waals surface area (Å²) >= 11 is 6.98. The Balaban J connectivity index is 2.46. The highest BCUT2D eigenvalue weighted by Gasteiger charge is 2.16. The molecule has 0 bridgehead atoms. The maximum atomic E-state index is 11.6. The molecule has 0 atom stereocenters. The smallest absolute Gasteiger partial charge is 0.221 e. The van der Waals surface area contributed by atoms with Crippen LogP contribution in [-0.4, -0.2) is 25.3 Å². The van der Waals surface area contributed by atoms with Gasteiger partial charge in [0.2, 0.25) is 5.91 Å². The molecule has 140 valence electrons. The normalized spacial score (nSPS) is 10.6. The number of thiophene rings is 1. The average Bonchev–Trinajstić information content (AvgIpc) is 2.96. The van der Waals surface area contributed by atoms with Gasteiger partial charge < -0.3 is 10.2 Å². The van der Waals surface area contributed by atoms with E-state index in [-0.39, 0.29) is 26.4 Å². The van der Waals surface area contributed by atoms with E-state index in [1.54, 1.807) is 6.07 Å². The summed E-state index contributed by atoms with van der Waals surface area (Å²) < 4.78 is 0. The number of rotatable bonds is 7. The average molecular weight is 404 g/mol. The zero-order chi connectivity index (χ0) is 20.0. The molecule has 27 heavy (non-hydrogen) atoms. The topological polar surface area (TPSA) is 97.9 Å². The van der Waals surface area contributed by atoms with E-state index in [1.807, 2.05) is 32.0 Å². The number of carbonyl (C=O) groups excluding carboxylic acids is 2. The SMILES string of the molecule is CCN(CC)c1ccc(N=Nc2sc(C=O)c(Cl)c2C#N)c(NC(C)=O)c1. The molecule has 0 saturated heterocycles. The standard InChI is InChI=1S/C18H18ClN5O2S/c1-4-24(5-2)12-6-7-14(15(8-12)21-11(3)26)22-23-18-13(9-20)17(19)16(10-25)27-18/h6-8,10H,4-5H2,1-3H3,(H,21,26). The number of benzene rings is 1. The van der Waals surface area contributed by atoms with Crippen molar-refractivity contribution in [2.45, 2.75) is 20.8 Å². The van der Waals surface area contributed by atoms with Gasteiger partial charge in [-0.05, 0) is 32.0 Å². The van der Waals surface area contributed by atoms with Crippen LogP contribution in [0.4, 0.5) is 22.1 Å². The molecule has 0 unspecified atom stereocenters. The van der Waals surface area contributed by atoms with Gasteiger partial charge in [0.1, 0.15) is 17.3 Å². The summed E-state index contributed by atoms with van der Waals surface area (Å²) in [5.74, 6) is -0.233. The lowest BCUT2D eigenvalue weighted by Gasteiger charge is -2.22. The second-order valence-electron chi connectivity index (χ2n) is 5.45. The third-order valence-electron chi connectivity index (χ3n) is 3.74. The van der Waals surface area contributed by atoms with Gasteiger partial charge in [0, 0.05) is 25.7 Å². The molecule has 1 aromatic carbocycles. The van der Waals surface area contributed by atoms with E-state index in [1.165, 1.54) is 6.92 Å². The first kappa shape index (κ1) is 20.6. The molecule has 1 heterocycles. The van der Waals surface area contributed by atoms with Crippen LogP contribution in [0, 0.1) is 11.3 Å². The largest absolute Gasteiger partial charge is 0.372 e. The van der Waals surface area contributed by atoms with Crippen LogP contribution in [0.5, 0.6) is 0 Å². The van der Waals surface area contributed by atoms with Crippen molar-refractivity contribution in [2.24, 2.45) is 10.2 Å². The molecular weight excluding hydrogens is 386 g/mol. The van der Waals surface area contributed by atoms with Crippen LogP contribution in [0.25, 0.3) is 0 Å². The maximum Gasteiger partial charge on any atom is 0.221 e. The Morgan fingerprint density at radius 3 is 2.63 bits per heavy atom. The molecule has 0 aliphatic carbocycles. The van der Waals surface area contributed by atoms with E-state index in [4.69, 9.17) is 11.6 Å². The second kappa shape index (κ2) is 9.26. The predicted octanol–water partition coefficient (Wildman–Crippen LogP) is 5.31. The van der Waals surface area contributed by atoms with Crippen LogP contribution in [0.1, 0.15) is 36.0 Å². The van der Waals surface area contributed by atoms with E-state index in [0.717, 1.165) is 30.1 Å². The first-order valence-electron chi connectivity index (χ1n) is 8.20. The van der Waals surface area contributed by atoms with Gasteiger partial charge in [0.05, 0.1) is 15.6 Å². The molecule has 2 aromatic rings. The highest BCUT2D eigenvalue weighted by molar-refractivity contribution is 7.18. The molecule has 1 amide bonds. The molecule has 0 radical (unpaired) electrons. The Kier molecular flexibility index (Phi) is 7.05. The molecule has 0 aliphatic rings. The number of amides is 1. The monoisotopic (exact) mass is 403 g/mol. The fourth-order valence-corrected chi connectivity index (χ4v) is 3.57. The number of nitrogens with one attached hydrogen (secondary N) is 1. The zero-order valence-electron chi connectivity index (χ0n) is 15.1. The second-order valence-corrected chi connectivity index (χ2v) is 6.85. The van der Waals surface area contributed by atoms with Crippen molar-refractivity contribution in [3.8, 4) is 6.07 Å². The van der Waals surface area contributed by atoms with E-state index < -0.39 is 0 Å². The lowest BCUT2D eigenvalue weighted by atomic mass is 10.2. The minimum atomic E-state index is -0.233. The van der Waals surface area contributed by atoms with Gasteiger partial charge in [-0.25, -0.2) is 0 Å². The molecule has 9 heteroatoms. The molecule has 0 fully saturated rings. The van der Waals surface area contributed by atoms with Crippen molar-refractivity contribution in [3.05, 3.63) is 33.7 Å². The molecule has 1 aromatic heterocycles. The first-order valence-corrected chi connectivity index (χ1v) is 9.40. The number of carbonyl (C=O) groups is 2. The Hall–Kier alpha value is -2.76. The number of halogens is 1. The van der Waals surface area contributed by atoms with Crippen LogP contribution in [0.15, 0.2) is 28.4 Å². The van der Waals surface area contributed by atoms with Crippen LogP contribution < -0.4 is 10.2 Å². The number of azo groups is 1. The van der Waals surface area contributed by atoms with Gasteiger partial charge in [-0.1, -0.05) is 11.6 Å². The maximum absolute atomic E-state index is 11.6. The Labute approximate surface area is 166 Å². The first-order chi connectivity index (χ1) is 12.9. The minimum Gasteiger partial charge on any atom is -0.372 e. The molecule has 2 rings (SSSR count). The van der Waals surface area contributed by atoms with Crippen LogP contribution >= 0.6 is 22.9 Å². The Morgan fingerprint density at radius 2 is 2.07 bits per heavy atom. The summed E-state index contributed by atoms with van der Waals surface area (Å²) in [6.07, 6.45) is 0.578. The van der Waals surface area contributed by atoms with Gasteiger partial charge in [0.25, 0.3) is 0 Å². The molecule has 0 aliphatic heterocycles. The number of nitriles is 1. The zero-order valence-corrected chi connectivity index (χ0v) is 16.7. The fraction of sp³-hybridized carbons (Fsp3) is 0.278. The number of hydrogen-bond donors (Lipinski definition) is 1. The summed E-state index contributed by atoms with van der Waals surface area (Å²) in [6.45, 7) is 7.15. The third-order valence-corrected chi connectivity index (χ3v) is 5.25. The predicted molar refractivity (Wildman–Crippen MR) is 108 cm³/mol. The molecule has 0 spiro atoms. The molecule has 7 nitrogen and oxygen atoms in total. The van der Waals surface area contributed by atoms with Crippen molar-refractivity contribution in [3.63, 3.8) is 0 Å². The Morgan fingerprint density at radius 1 is 1.37 bits per heavy atom. The fourth-order valence-electron chi connectivity index (χ4n) is 2.45. The summed E-state index contributed by atoms with van der Waals surface area (Å²) in [4.78, 5) is 24.9. The summed E-state index contributed by atoms with van der Waals surface area (Å²) in [7, 11) is 0. The van der Waals surface area contributed by atoms with Gasteiger partial charge in [0.15, 0.2) is 11.3 Å². The highest BCUT2D eigenvalue weighted by Crippen LogP contribution is 2.39. The van der Waals surface area contributed by atoms with E-state index in [2.05, 4.69) is 20.4 Å². The number of nitrogens with zero attached hydrogens (tertiary/aromatic N) is 4. The third kappa shape index (κ3) is 4.70. The van der Waals surface area contributed by atoms with E-state index in [9.17, 15) is 14.9 Å². The number of hydrogen-bond acceptors (Lipinski definition) is 7. The van der Waals surface area contributed by atoms with E-state index in [0.29, 0.717) is 17.7 Å². The van der Waals surface area contributed by atoms with Crippen molar-refractivity contribution in [1.82, 2.24) is 0 Å². The molecular formula is C18H18ClN5O2S. The van der Waals surface area contributed by atoms with Gasteiger partial charge in [-0.3, -0.25) is 9.59 Å². The van der Waals surface area contributed by atoms with Crippen LogP contribution in [0.3, 0.4) is 0 Å². The number of anilines is 2. The summed E-state index contributed by atoms with van der Waals surface area (Å²) in [5.41, 5.74) is 1.99. The summed E-state index contributed by atoms with van der Waals surface area (Å²) in [5, 5.41) is 20.5.